The Balaban J connectivity index is 2.51. The average molecular weight is 236 g/mol. The van der Waals surface area contributed by atoms with E-state index in [1.54, 1.807) is 0 Å². The second kappa shape index (κ2) is 4.25. The number of H-pyrrole nitrogens is 1. The Kier molecular flexibility index (Phi) is 2.78. The van der Waals surface area contributed by atoms with Gasteiger partial charge in [-0.1, -0.05) is 0 Å². The minimum absolute atomic E-state index is 0.0636. The SMILES string of the molecule is COc1ccc(F)cc1-c1cc(C(=O)O)[nH]n1. The molecule has 1 heterocycles. The van der Waals surface area contributed by atoms with Crippen LogP contribution >= 0.6 is 0 Å². The van der Waals surface area contributed by atoms with Gasteiger partial charge in [-0.25, -0.2) is 9.18 Å². The van der Waals surface area contributed by atoms with Crippen molar-refractivity contribution in [1.82, 2.24) is 10.2 Å². The first kappa shape index (κ1) is 11.1. The average Bonchev–Trinajstić information content (AvgIpc) is 2.78. The number of aromatic nitrogens is 2. The van der Waals surface area contributed by atoms with E-state index in [0.717, 1.165) is 0 Å². The zero-order valence-electron chi connectivity index (χ0n) is 8.90. The second-order valence-corrected chi connectivity index (χ2v) is 3.32. The van der Waals surface area contributed by atoms with Crippen LogP contribution in [-0.2, 0) is 0 Å². The maximum atomic E-state index is 13.1. The summed E-state index contributed by atoms with van der Waals surface area (Å²) in [7, 11) is 1.45. The highest BCUT2D eigenvalue weighted by Gasteiger charge is 2.13. The van der Waals surface area contributed by atoms with E-state index in [9.17, 15) is 9.18 Å². The molecule has 2 rings (SSSR count). The number of methoxy groups -OCH3 is 1. The lowest BCUT2D eigenvalue weighted by molar-refractivity contribution is 0.0690. The van der Waals surface area contributed by atoms with E-state index in [1.807, 2.05) is 0 Å². The van der Waals surface area contributed by atoms with E-state index < -0.39 is 11.8 Å². The summed E-state index contributed by atoms with van der Waals surface area (Å²) in [6.07, 6.45) is 0. The van der Waals surface area contributed by atoms with Gasteiger partial charge in [0.25, 0.3) is 0 Å². The Labute approximate surface area is 95.9 Å². The number of hydrogen-bond acceptors (Lipinski definition) is 3. The van der Waals surface area contributed by atoms with Crippen molar-refractivity contribution in [3.63, 3.8) is 0 Å². The molecule has 0 aliphatic rings. The summed E-state index contributed by atoms with van der Waals surface area (Å²) >= 11 is 0. The maximum absolute atomic E-state index is 13.1. The maximum Gasteiger partial charge on any atom is 0.353 e. The number of rotatable bonds is 3. The van der Waals surface area contributed by atoms with Gasteiger partial charge in [-0.3, -0.25) is 5.10 Å². The van der Waals surface area contributed by atoms with Crippen molar-refractivity contribution in [3.8, 4) is 17.0 Å². The summed E-state index contributed by atoms with van der Waals surface area (Å²) in [6, 6.07) is 5.27. The molecule has 17 heavy (non-hydrogen) atoms. The fourth-order valence-electron chi connectivity index (χ4n) is 1.45. The summed E-state index contributed by atoms with van der Waals surface area (Å²) in [5, 5.41) is 14.9. The molecule has 2 aromatic rings. The first-order valence-electron chi connectivity index (χ1n) is 4.74. The lowest BCUT2D eigenvalue weighted by Gasteiger charge is -2.05. The van der Waals surface area contributed by atoms with Gasteiger partial charge < -0.3 is 9.84 Å². The Morgan fingerprint density at radius 1 is 1.47 bits per heavy atom. The molecule has 88 valence electrons. The van der Waals surface area contributed by atoms with Crippen molar-refractivity contribution in [3.05, 3.63) is 35.8 Å². The third-order valence-electron chi connectivity index (χ3n) is 2.25. The van der Waals surface area contributed by atoms with Gasteiger partial charge in [0.05, 0.1) is 12.8 Å². The number of benzene rings is 1. The summed E-state index contributed by atoms with van der Waals surface area (Å²) in [6.45, 7) is 0. The van der Waals surface area contributed by atoms with Gasteiger partial charge >= 0.3 is 5.97 Å². The van der Waals surface area contributed by atoms with E-state index in [0.29, 0.717) is 17.0 Å². The predicted octanol–water partition coefficient (Wildman–Crippen LogP) is 1.92. The topological polar surface area (TPSA) is 75.2 Å². The number of nitrogens with zero attached hydrogens (tertiary/aromatic N) is 1. The van der Waals surface area contributed by atoms with Crippen molar-refractivity contribution in [1.29, 1.82) is 0 Å². The molecule has 0 fully saturated rings. The minimum atomic E-state index is -1.13. The molecule has 0 saturated carbocycles. The summed E-state index contributed by atoms with van der Waals surface area (Å²) in [5.74, 6) is -1.14. The molecule has 0 amide bonds. The normalized spacial score (nSPS) is 10.2. The van der Waals surface area contributed by atoms with Crippen molar-refractivity contribution >= 4 is 5.97 Å². The molecule has 2 N–H and O–H groups in total. The van der Waals surface area contributed by atoms with Crippen molar-refractivity contribution in [2.24, 2.45) is 0 Å². The molecule has 0 aliphatic carbocycles. The van der Waals surface area contributed by atoms with Crippen LogP contribution in [0, 0.1) is 5.82 Å². The van der Waals surface area contributed by atoms with Gasteiger partial charge in [-0.05, 0) is 24.3 Å². The van der Waals surface area contributed by atoms with E-state index >= 15 is 0 Å². The van der Waals surface area contributed by atoms with E-state index in [2.05, 4.69) is 10.2 Å². The Morgan fingerprint density at radius 3 is 2.82 bits per heavy atom. The standard InChI is InChI=1S/C11H9FN2O3/c1-17-10-3-2-6(12)4-7(10)8-5-9(11(15)16)14-13-8/h2-5H,1H3,(H,13,14)(H,15,16). The van der Waals surface area contributed by atoms with Gasteiger partial charge in [0.15, 0.2) is 0 Å². The zero-order valence-corrected chi connectivity index (χ0v) is 8.90. The van der Waals surface area contributed by atoms with Crippen LogP contribution < -0.4 is 4.74 Å². The molecular weight excluding hydrogens is 227 g/mol. The van der Waals surface area contributed by atoms with E-state index in [1.165, 1.54) is 31.4 Å². The zero-order chi connectivity index (χ0) is 12.4. The van der Waals surface area contributed by atoms with Crippen LogP contribution in [0.5, 0.6) is 5.75 Å². The molecule has 0 spiro atoms. The molecule has 0 saturated heterocycles. The monoisotopic (exact) mass is 236 g/mol. The van der Waals surface area contributed by atoms with Crippen molar-refractivity contribution in [2.75, 3.05) is 7.11 Å². The fourth-order valence-corrected chi connectivity index (χ4v) is 1.45. The first-order valence-corrected chi connectivity index (χ1v) is 4.74. The van der Waals surface area contributed by atoms with Crippen LogP contribution in [0.25, 0.3) is 11.3 Å². The van der Waals surface area contributed by atoms with Crippen LogP contribution in [0.4, 0.5) is 4.39 Å². The molecule has 0 atom stereocenters. The minimum Gasteiger partial charge on any atom is -0.496 e. The van der Waals surface area contributed by atoms with Crippen LogP contribution in [0.2, 0.25) is 0 Å². The third kappa shape index (κ3) is 2.10. The lowest BCUT2D eigenvalue weighted by Crippen LogP contribution is -1.95. The quantitative estimate of drug-likeness (QED) is 0.853. The highest BCUT2D eigenvalue weighted by atomic mass is 19.1. The number of ether oxygens (including phenoxy) is 1. The van der Waals surface area contributed by atoms with Gasteiger partial charge in [0.2, 0.25) is 0 Å². The number of carboxylic acid groups (broad SMARTS) is 1. The molecule has 0 radical (unpaired) electrons. The summed E-state index contributed by atoms with van der Waals surface area (Å²) < 4.78 is 18.2. The summed E-state index contributed by atoms with van der Waals surface area (Å²) in [4.78, 5) is 10.7. The third-order valence-corrected chi connectivity index (χ3v) is 2.25. The number of nitrogens with one attached hydrogen (secondary N) is 1. The number of carboxylic acids is 1. The fraction of sp³-hybridized carbons (Fsp3) is 0.0909. The Hall–Kier alpha value is -2.37. The van der Waals surface area contributed by atoms with Crippen molar-refractivity contribution < 1.29 is 19.0 Å². The van der Waals surface area contributed by atoms with Crippen LogP contribution in [-0.4, -0.2) is 28.4 Å². The van der Waals surface area contributed by atoms with Crippen LogP contribution in [0.1, 0.15) is 10.5 Å². The molecule has 0 unspecified atom stereocenters. The summed E-state index contributed by atoms with van der Waals surface area (Å²) in [5.41, 5.74) is 0.654. The molecule has 5 nitrogen and oxygen atoms in total. The molecular formula is C11H9FN2O3. The van der Waals surface area contributed by atoms with Gasteiger partial charge in [0, 0.05) is 5.56 Å². The molecule has 6 heteroatoms. The smallest absolute Gasteiger partial charge is 0.353 e. The number of hydrogen-bond donors (Lipinski definition) is 2. The first-order chi connectivity index (χ1) is 8.11. The van der Waals surface area contributed by atoms with Gasteiger partial charge in [-0.2, -0.15) is 5.10 Å². The van der Waals surface area contributed by atoms with E-state index in [-0.39, 0.29) is 5.69 Å². The largest absolute Gasteiger partial charge is 0.496 e. The highest BCUT2D eigenvalue weighted by Crippen LogP contribution is 2.29. The highest BCUT2D eigenvalue weighted by molar-refractivity contribution is 5.87. The number of carbonyl (C=O) groups is 1. The van der Waals surface area contributed by atoms with Gasteiger partial charge in [-0.15, -0.1) is 0 Å². The lowest BCUT2D eigenvalue weighted by atomic mass is 10.1. The second-order valence-electron chi connectivity index (χ2n) is 3.32. The number of aromatic amines is 1. The van der Waals surface area contributed by atoms with Crippen LogP contribution in [0.15, 0.2) is 24.3 Å². The predicted molar refractivity (Wildman–Crippen MR) is 57.5 cm³/mol. The molecule has 0 bridgehead atoms. The number of halogens is 1. The van der Waals surface area contributed by atoms with Gasteiger partial charge in [0.1, 0.15) is 17.3 Å². The Morgan fingerprint density at radius 2 is 2.24 bits per heavy atom. The van der Waals surface area contributed by atoms with Crippen molar-refractivity contribution in [2.45, 2.75) is 0 Å². The van der Waals surface area contributed by atoms with E-state index in [4.69, 9.17) is 9.84 Å². The molecule has 1 aromatic carbocycles. The van der Waals surface area contributed by atoms with Crippen LogP contribution in [0.3, 0.4) is 0 Å². The Bertz CT molecular complexity index is 566. The molecule has 0 aliphatic heterocycles. The molecule has 1 aromatic heterocycles. The number of aromatic carboxylic acids is 1.